The first-order chi connectivity index (χ1) is 12.2. The monoisotopic (exact) mass is 450 g/mol. The van der Waals surface area contributed by atoms with Crippen molar-refractivity contribution in [3.05, 3.63) is 63.7 Å². The Bertz CT molecular complexity index is 670. The molecular weight excluding hydrogens is 427 g/mol. The summed E-state index contributed by atoms with van der Waals surface area (Å²) < 4.78 is 6.70. The zero-order valence-electron chi connectivity index (χ0n) is 14.2. The van der Waals surface area contributed by atoms with E-state index in [2.05, 4.69) is 57.1 Å². The number of halogens is 1. The van der Waals surface area contributed by atoms with E-state index in [1.807, 2.05) is 30.3 Å². The second kappa shape index (κ2) is 9.20. The van der Waals surface area contributed by atoms with Crippen molar-refractivity contribution in [2.24, 2.45) is 0 Å². The molecule has 3 rings (SSSR count). The van der Waals surface area contributed by atoms with Crippen molar-refractivity contribution in [3.8, 4) is 5.75 Å². The van der Waals surface area contributed by atoms with Crippen LogP contribution in [0.2, 0.25) is 0 Å². The van der Waals surface area contributed by atoms with E-state index in [9.17, 15) is 4.79 Å². The highest BCUT2D eigenvalue weighted by Gasteiger charge is 2.23. The Labute approximate surface area is 162 Å². The molecule has 0 bridgehead atoms. The van der Waals surface area contributed by atoms with Crippen molar-refractivity contribution in [2.45, 2.75) is 18.9 Å². The third kappa shape index (κ3) is 5.44. The average Bonchev–Trinajstić information content (AvgIpc) is 3.17. The highest BCUT2D eigenvalue weighted by molar-refractivity contribution is 14.1. The minimum Gasteiger partial charge on any atom is -0.484 e. The lowest BCUT2D eigenvalue weighted by Crippen LogP contribution is -2.38. The third-order valence-electron chi connectivity index (χ3n) is 4.44. The standard InChI is InChI=1S/C20H23IN2O2/c21-17-8-10-18(11-9-17)25-15-20(24)22-14-19(23-12-4-5-13-23)16-6-2-1-3-7-16/h1-3,6-11,19H,4-5,12-15H2,(H,22,24). The molecule has 1 fully saturated rings. The SMILES string of the molecule is O=C(COc1ccc(I)cc1)NCC(c1ccccc1)N1CCCC1. The van der Waals surface area contributed by atoms with E-state index in [1.165, 1.54) is 18.4 Å². The number of amides is 1. The van der Waals surface area contributed by atoms with Gasteiger partial charge in [0.2, 0.25) is 0 Å². The van der Waals surface area contributed by atoms with Crippen LogP contribution >= 0.6 is 22.6 Å². The summed E-state index contributed by atoms with van der Waals surface area (Å²) in [7, 11) is 0. The van der Waals surface area contributed by atoms with Gasteiger partial charge in [-0.3, -0.25) is 9.69 Å². The van der Waals surface area contributed by atoms with E-state index in [-0.39, 0.29) is 18.6 Å². The second-order valence-corrected chi connectivity index (χ2v) is 7.46. The van der Waals surface area contributed by atoms with Crippen molar-refractivity contribution in [2.75, 3.05) is 26.2 Å². The molecule has 132 valence electrons. The molecule has 2 aromatic rings. The fourth-order valence-corrected chi connectivity index (χ4v) is 3.49. The number of carbonyl (C=O) groups excluding carboxylic acids is 1. The van der Waals surface area contributed by atoms with Crippen LogP contribution in [0.5, 0.6) is 5.75 Å². The molecule has 0 aliphatic carbocycles. The maximum atomic E-state index is 12.2. The Morgan fingerprint density at radius 1 is 1.08 bits per heavy atom. The largest absolute Gasteiger partial charge is 0.484 e. The van der Waals surface area contributed by atoms with Crippen LogP contribution in [0.15, 0.2) is 54.6 Å². The molecule has 1 aliphatic rings. The van der Waals surface area contributed by atoms with Gasteiger partial charge in [0.25, 0.3) is 5.91 Å². The van der Waals surface area contributed by atoms with Gasteiger partial charge < -0.3 is 10.1 Å². The summed E-state index contributed by atoms with van der Waals surface area (Å²) in [4.78, 5) is 14.6. The molecule has 0 aromatic heterocycles. The smallest absolute Gasteiger partial charge is 0.258 e. The van der Waals surface area contributed by atoms with Crippen LogP contribution in [-0.4, -0.2) is 37.0 Å². The van der Waals surface area contributed by atoms with E-state index < -0.39 is 0 Å². The first kappa shape index (κ1) is 18.2. The molecule has 1 unspecified atom stereocenters. The molecular formula is C20H23IN2O2. The van der Waals surface area contributed by atoms with E-state index in [4.69, 9.17) is 4.74 Å². The summed E-state index contributed by atoms with van der Waals surface area (Å²) >= 11 is 2.24. The molecule has 25 heavy (non-hydrogen) atoms. The molecule has 1 saturated heterocycles. The molecule has 1 atom stereocenters. The first-order valence-corrected chi connectivity index (χ1v) is 9.74. The lowest BCUT2D eigenvalue weighted by Gasteiger charge is -2.28. The van der Waals surface area contributed by atoms with Crippen molar-refractivity contribution in [3.63, 3.8) is 0 Å². The van der Waals surface area contributed by atoms with Crippen LogP contribution in [0.25, 0.3) is 0 Å². The average molecular weight is 450 g/mol. The number of hydrogen-bond acceptors (Lipinski definition) is 3. The van der Waals surface area contributed by atoms with Crippen LogP contribution in [0.1, 0.15) is 24.4 Å². The lowest BCUT2D eigenvalue weighted by atomic mass is 10.1. The maximum absolute atomic E-state index is 12.2. The third-order valence-corrected chi connectivity index (χ3v) is 5.16. The summed E-state index contributed by atoms with van der Waals surface area (Å²) in [5, 5.41) is 3.03. The van der Waals surface area contributed by atoms with Crippen LogP contribution in [-0.2, 0) is 4.79 Å². The van der Waals surface area contributed by atoms with Gasteiger partial charge in [0, 0.05) is 10.1 Å². The van der Waals surface area contributed by atoms with Crippen molar-refractivity contribution < 1.29 is 9.53 Å². The van der Waals surface area contributed by atoms with Crippen LogP contribution in [0.4, 0.5) is 0 Å². The van der Waals surface area contributed by atoms with Gasteiger partial charge >= 0.3 is 0 Å². The fourth-order valence-electron chi connectivity index (χ4n) is 3.13. The van der Waals surface area contributed by atoms with Crippen LogP contribution in [0, 0.1) is 3.57 Å². The fraction of sp³-hybridized carbons (Fsp3) is 0.350. The van der Waals surface area contributed by atoms with Gasteiger partial charge in [0.1, 0.15) is 5.75 Å². The van der Waals surface area contributed by atoms with Gasteiger partial charge in [0.15, 0.2) is 6.61 Å². The van der Waals surface area contributed by atoms with Gasteiger partial charge in [-0.15, -0.1) is 0 Å². The minimum absolute atomic E-state index is 0.0438. The summed E-state index contributed by atoms with van der Waals surface area (Å²) in [5.41, 5.74) is 1.25. The van der Waals surface area contributed by atoms with Crippen LogP contribution < -0.4 is 10.1 Å². The molecule has 4 nitrogen and oxygen atoms in total. The van der Waals surface area contributed by atoms with E-state index >= 15 is 0 Å². The Morgan fingerprint density at radius 3 is 2.44 bits per heavy atom. The zero-order chi connectivity index (χ0) is 17.5. The number of benzene rings is 2. The van der Waals surface area contributed by atoms with Crippen molar-refractivity contribution in [1.82, 2.24) is 10.2 Å². The molecule has 1 heterocycles. The summed E-state index contributed by atoms with van der Waals surface area (Å²) in [5.74, 6) is 0.633. The zero-order valence-corrected chi connectivity index (χ0v) is 16.3. The van der Waals surface area contributed by atoms with Gasteiger partial charge in [-0.2, -0.15) is 0 Å². The lowest BCUT2D eigenvalue weighted by molar-refractivity contribution is -0.123. The van der Waals surface area contributed by atoms with Crippen molar-refractivity contribution >= 4 is 28.5 Å². The molecule has 0 radical (unpaired) electrons. The number of ether oxygens (including phenoxy) is 1. The normalized spacial score (nSPS) is 15.7. The number of nitrogens with zero attached hydrogens (tertiary/aromatic N) is 1. The van der Waals surface area contributed by atoms with Gasteiger partial charge in [0.05, 0.1) is 6.04 Å². The second-order valence-electron chi connectivity index (χ2n) is 6.22. The van der Waals surface area contributed by atoms with E-state index in [1.54, 1.807) is 0 Å². The van der Waals surface area contributed by atoms with Crippen LogP contribution in [0.3, 0.4) is 0 Å². The molecule has 1 N–H and O–H groups in total. The number of likely N-dealkylation sites (tertiary alicyclic amines) is 1. The number of carbonyl (C=O) groups is 1. The summed E-state index contributed by atoms with van der Waals surface area (Å²) in [6, 6.07) is 18.3. The van der Waals surface area contributed by atoms with Crippen molar-refractivity contribution in [1.29, 1.82) is 0 Å². The summed E-state index contributed by atoms with van der Waals surface area (Å²) in [6.45, 7) is 2.84. The Balaban J connectivity index is 1.53. The molecule has 2 aromatic carbocycles. The predicted molar refractivity (Wildman–Crippen MR) is 108 cm³/mol. The molecule has 1 aliphatic heterocycles. The molecule has 0 saturated carbocycles. The summed E-state index contributed by atoms with van der Waals surface area (Å²) in [6.07, 6.45) is 2.46. The van der Waals surface area contributed by atoms with E-state index in [0.29, 0.717) is 6.54 Å². The van der Waals surface area contributed by atoms with E-state index in [0.717, 1.165) is 22.4 Å². The topological polar surface area (TPSA) is 41.6 Å². The number of hydrogen-bond donors (Lipinski definition) is 1. The Kier molecular flexibility index (Phi) is 6.69. The van der Waals surface area contributed by atoms with Gasteiger partial charge in [-0.1, -0.05) is 30.3 Å². The molecule has 1 amide bonds. The highest BCUT2D eigenvalue weighted by atomic mass is 127. The maximum Gasteiger partial charge on any atom is 0.258 e. The minimum atomic E-state index is -0.0846. The number of rotatable bonds is 7. The van der Waals surface area contributed by atoms with Gasteiger partial charge in [-0.05, 0) is 78.4 Å². The van der Waals surface area contributed by atoms with Gasteiger partial charge in [-0.25, -0.2) is 0 Å². The number of nitrogens with one attached hydrogen (secondary N) is 1. The Morgan fingerprint density at radius 2 is 1.76 bits per heavy atom. The predicted octanol–water partition coefficient (Wildman–Crippen LogP) is 3.62. The molecule has 5 heteroatoms. The first-order valence-electron chi connectivity index (χ1n) is 8.66. The Hall–Kier alpha value is -1.60. The quantitative estimate of drug-likeness (QED) is 0.656. The highest BCUT2D eigenvalue weighted by Crippen LogP contribution is 2.24. The molecule has 0 spiro atoms.